The van der Waals surface area contributed by atoms with Crippen molar-refractivity contribution in [3.8, 4) is 0 Å². The Hall–Kier alpha value is -1.44. The highest BCUT2D eigenvalue weighted by Crippen LogP contribution is 2.29. The second-order valence-electron chi connectivity index (χ2n) is 5.09. The number of carboxylic acid groups (broad SMARTS) is 1. The van der Waals surface area contributed by atoms with Crippen molar-refractivity contribution in [1.82, 2.24) is 4.72 Å². The maximum absolute atomic E-state index is 12.1. The first kappa shape index (κ1) is 15.0. The monoisotopic (exact) mass is 299 g/mol. The molecular weight excluding hydrogens is 282 g/mol. The lowest BCUT2D eigenvalue weighted by molar-refractivity contribution is 0.0531. The van der Waals surface area contributed by atoms with Crippen molar-refractivity contribution in [3.05, 3.63) is 29.8 Å². The Morgan fingerprint density at radius 3 is 2.55 bits per heavy atom. The van der Waals surface area contributed by atoms with Gasteiger partial charge in [-0.3, -0.25) is 0 Å². The maximum Gasteiger partial charge on any atom is 0.335 e. The zero-order chi connectivity index (χ0) is 14.8. The van der Waals surface area contributed by atoms with Gasteiger partial charge in [0.05, 0.1) is 16.1 Å². The summed E-state index contributed by atoms with van der Waals surface area (Å²) in [4.78, 5) is 10.7. The summed E-state index contributed by atoms with van der Waals surface area (Å²) in [5.41, 5.74) is -1.08. The van der Waals surface area contributed by atoms with Crippen molar-refractivity contribution in [2.75, 3.05) is 6.54 Å². The molecule has 1 fully saturated rings. The van der Waals surface area contributed by atoms with E-state index >= 15 is 0 Å². The van der Waals surface area contributed by atoms with Gasteiger partial charge in [-0.2, -0.15) is 0 Å². The van der Waals surface area contributed by atoms with E-state index in [4.69, 9.17) is 5.11 Å². The largest absolute Gasteiger partial charge is 0.478 e. The van der Waals surface area contributed by atoms with E-state index in [1.54, 1.807) is 0 Å². The van der Waals surface area contributed by atoms with Crippen LogP contribution in [0.15, 0.2) is 29.2 Å². The second kappa shape index (κ2) is 5.51. The average molecular weight is 299 g/mol. The molecule has 0 spiro atoms. The number of hydrogen-bond acceptors (Lipinski definition) is 4. The lowest BCUT2D eigenvalue weighted by atomic mass is 10.0. The van der Waals surface area contributed by atoms with Crippen LogP contribution in [-0.4, -0.2) is 36.7 Å². The number of carboxylic acids is 1. The van der Waals surface area contributed by atoms with E-state index in [9.17, 15) is 18.3 Å². The van der Waals surface area contributed by atoms with Gasteiger partial charge in [-0.1, -0.05) is 18.9 Å². The van der Waals surface area contributed by atoms with Crippen LogP contribution in [0.4, 0.5) is 0 Å². The van der Waals surface area contributed by atoms with E-state index in [2.05, 4.69) is 4.72 Å². The lowest BCUT2D eigenvalue weighted by Gasteiger charge is -2.22. The van der Waals surface area contributed by atoms with Gasteiger partial charge in [0.1, 0.15) is 0 Å². The molecule has 1 aliphatic carbocycles. The Labute approximate surface area is 117 Å². The quantitative estimate of drug-likeness (QED) is 0.751. The number of sulfonamides is 1. The summed E-state index contributed by atoms with van der Waals surface area (Å²) in [6, 6.07) is 5.13. The summed E-state index contributed by atoms with van der Waals surface area (Å²) in [6.07, 6.45) is 2.91. The highest BCUT2D eigenvalue weighted by molar-refractivity contribution is 7.89. The van der Waals surface area contributed by atoms with Gasteiger partial charge < -0.3 is 10.2 Å². The fourth-order valence-electron chi connectivity index (χ4n) is 2.32. The molecule has 2 rings (SSSR count). The van der Waals surface area contributed by atoms with Gasteiger partial charge in [0.15, 0.2) is 0 Å². The van der Waals surface area contributed by atoms with E-state index in [-0.39, 0.29) is 17.0 Å². The fraction of sp³-hybridized carbons (Fsp3) is 0.462. The molecule has 0 radical (unpaired) electrons. The highest BCUT2D eigenvalue weighted by atomic mass is 32.2. The smallest absolute Gasteiger partial charge is 0.335 e. The van der Waals surface area contributed by atoms with Crippen molar-refractivity contribution in [2.24, 2.45) is 0 Å². The third kappa shape index (κ3) is 3.36. The van der Waals surface area contributed by atoms with Crippen LogP contribution < -0.4 is 4.72 Å². The Morgan fingerprint density at radius 1 is 1.30 bits per heavy atom. The van der Waals surface area contributed by atoms with E-state index in [0.717, 1.165) is 18.9 Å². The van der Waals surface area contributed by atoms with Crippen LogP contribution >= 0.6 is 0 Å². The minimum atomic E-state index is -3.82. The molecule has 1 saturated carbocycles. The Kier molecular flexibility index (Phi) is 4.12. The molecule has 0 saturated heterocycles. The average Bonchev–Trinajstić information content (AvgIpc) is 2.84. The molecule has 0 aromatic heterocycles. The van der Waals surface area contributed by atoms with E-state index < -0.39 is 21.6 Å². The molecule has 1 aromatic rings. The number of carbonyl (C=O) groups is 1. The van der Waals surface area contributed by atoms with Crippen molar-refractivity contribution in [1.29, 1.82) is 0 Å². The van der Waals surface area contributed by atoms with Gasteiger partial charge in [-0.25, -0.2) is 17.9 Å². The molecule has 0 heterocycles. The molecule has 6 nitrogen and oxygen atoms in total. The van der Waals surface area contributed by atoms with Crippen molar-refractivity contribution in [3.63, 3.8) is 0 Å². The molecule has 1 aromatic carbocycles. The van der Waals surface area contributed by atoms with Gasteiger partial charge in [-0.15, -0.1) is 0 Å². The molecule has 0 aliphatic heterocycles. The molecule has 110 valence electrons. The number of nitrogens with one attached hydrogen (secondary N) is 1. The Bertz CT molecular complexity index is 605. The molecule has 0 atom stereocenters. The summed E-state index contributed by atoms with van der Waals surface area (Å²) in [7, 11) is -3.82. The molecule has 0 bridgehead atoms. The predicted molar refractivity (Wildman–Crippen MR) is 72.0 cm³/mol. The molecular formula is C13H17NO5S. The molecule has 7 heteroatoms. The van der Waals surface area contributed by atoms with E-state index in [1.807, 2.05) is 0 Å². The van der Waals surface area contributed by atoms with Crippen LogP contribution in [0.3, 0.4) is 0 Å². The third-order valence-electron chi connectivity index (χ3n) is 3.52. The maximum atomic E-state index is 12.1. The zero-order valence-electron chi connectivity index (χ0n) is 10.9. The Morgan fingerprint density at radius 2 is 1.95 bits per heavy atom. The second-order valence-corrected chi connectivity index (χ2v) is 6.86. The predicted octanol–water partition coefficient (Wildman–Crippen LogP) is 0.968. The van der Waals surface area contributed by atoms with Gasteiger partial charge in [0, 0.05) is 6.54 Å². The Balaban J connectivity index is 2.14. The minimum Gasteiger partial charge on any atom is -0.478 e. The van der Waals surface area contributed by atoms with Crippen LogP contribution in [0.25, 0.3) is 0 Å². The number of hydrogen-bond donors (Lipinski definition) is 3. The van der Waals surface area contributed by atoms with E-state index in [1.165, 1.54) is 18.2 Å². The number of aliphatic hydroxyl groups is 1. The van der Waals surface area contributed by atoms with Crippen molar-refractivity contribution in [2.45, 2.75) is 36.2 Å². The summed E-state index contributed by atoms with van der Waals surface area (Å²) in [5, 5.41) is 19.0. The standard InChI is InChI=1S/C13H17NO5S/c15-12(16)10-4-3-5-11(8-10)20(18,19)14-9-13(17)6-1-2-7-13/h3-5,8,14,17H,1-2,6-7,9H2,(H,15,16). The molecule has 0 unspecified atom stereocenters. The first-order chi connectivity index (χ1) is 9.32. The third-order valence-corrected chi connectivity index (χ3v) is 4.92. The number of aromatic carboxylic acids is 1. The summed E-state index contributed by atoms with van der Waals surface area (Å²) in [5.74, 6) is -1.18. The normalized spacial score (nSPS) is 18.1. The van der Waals surface area contributed by atoms with Crippen LogP contribution in [-0.2, 0) is 10.0 Å². The van der Waals surface area contributed by atoms with E-state index in [0.29, 0.717) is 12.8 Å². The van der Waals surface area contributed by atoms with Gasteiger partial charge >= 0.3 is 5.97 Å². The van der Waals surface area contributed by atoms with Crippen LogP contribution in [0.1, 0.15) is 36.0 Å². The lowest BCUT2D eigenvalue weighted by Crippen LogP contribution is -2.40. The van der Waals surface area contributed by atoms with Gasteiger partial charge in [0.2, 0.25) is 10.0 Å². The molecule has 3 N–H and O–H groups in total. The minimum absolute atomic E-state index is 0.0490. The number of rotatable bonds is 5. The van der Waals surface area contributed by atoms with Crippen molar-refractivity contribution < 1.29 is 23.4 Å². The number of benzene rings is 1. The molecule has 0 amide bonds. The molecule has 1 aliphatic rings. The van der Waals surface area contributed by atoms with Gasteiger partial charge in [0.25, 0.3) is 0 Å². The van der Waals surface area contributed by atoms with Crippen LogP contribution in [0, 0.1) is 0 Å². The first-order valence-electron chi connectivity index (χ1n) is 6.38. The summed E-state index contributed by atoms with van der Waals surface area (Å²) < 4.78 is 26.5. The SMILES string of the molecule is O=C(O)c1cccc(S(=O)(=O)NCC2(O)CCCC2)c1. The van der Waals surface area contributed by atoms with Gasteiger partial charge in [-0.05, 0) is 31.0 Å². The van der Waals surface area contributed by atoms with Crippen LogP contribution in [0.2, 0.25) is 0 Å². The molecule has 20 heavy (non-hydrogen) atoms. The topological polar surface area (TPSA) is 104 Å². The first-order valence-corrected chi connectivity index (χ1v) is 7.86. The zero-order valence-corrected chi connectivity index (χ0v) is 11.7. The van der Waals surface area contributed by atoms with Crippen molar-refractivity contribution >= 4 is 16.0 Å². The summed E-state index contributed by atoms with van der Waals surface area (Å²) >= 11 is 0. The summed E-state index contributed by atoms with van der Waals surface area (Å²) in [6.45, 7) is -0.0490. The fourth-order valence-corrected chi connectivity index (χ4v) is 3.48. The van der Waals surface area contributed by atoms with Crippen LogP contribution in [0.5, 0.6) is 0 Å². The highest BCUT2D eigenvalue weighted by Gasteiger charge is 2.32.